The number of aromatic nitrogens is 2. The maximum atomic E-state index is 13.3. The lowest BCUT2D eigenvalue weighted by Gasteiger charge is -2.27. The van der Waals surface area contributed by atoms with Gasteiger partial charge >= 0.3 is 0 Å². The van der Waals surface area contributed by atoms with Crippen LogP contribution in [0, 0.1) is 0 Å². The van der Waals surface area contributed by atoms with Gasteiger partial charge in [-0.15, -0.1) is 0 Å². The molecule has 1 aliphatic rings. The van der Waals surface area contributed by atoms with E-state index in [1.165, 1.54) is 0 Å². The quantitative estimate of drug-likeness (QED) is 0.334. The highest BCUT2D eigenvalue weighted by molar-refractivity contribution is 6.08. The van der Waals surface area contributed by atoms with Crippen molar-refractivity contribution in [2.75, 3.05) is 39.1 Å². The molecule has 0 saturated carbocycles. The Hall–Kier alpha value is -4.92. The Bertz CT molecular complexity index is 1450. The number of allylic oxidation sites excluding steroid dienone is 1. The zero-order valence-corrected chi connectivity index (χ0v) is 21.5. The van der Waals surface area contributed by atoms with Crippen LogP contribution in [0.4, 0.5) is 11.5 Å². The van der Waals surface area contributed by atoms with E-state index in [1.807, 2.05) is 72.8 Å². The Balaban J connectivity index is 1.62. The van der Waals surface area contributed by atoms with Crippen LogP contribution >= 0.6 is 0 Å². The van der Waals surface area contributed by atoms with Crippen molar-refractivity contribution in [3.05, 3.63) is 95.7 Å². The molecular weight excluding hydrogens is 484 g/mol. The van der Waals surface area contributed by atoms with Gasteiger partial charge in [0.1, 0.15) is 17.1 Å². The summed E-state index contributed by atoms with van der Waals surface area (Å²) >= 11 is 0. The third-order valence-corrected chi connectivity index (χ3v) is 6.34. The molecular formula is C29H28N4O5. The Morgan fingerprint density at radius 3 is 2.18 bits per heavy atom. The van der Waals surface area contributed by atoms with Gasteiger partial charge in [0.15, 0.2) is 11.5 Å². The number of nitrogens with one attached hydrogen (secondary N) is 2. The van der Waals surface area contributed by atoms with Gasteiger partial charge in [0.05, 0.1) is 40.7 Å². The Labute approximate surface area is 220 Å². The zero-order chi connectivity index (χ0) is 26.6. The number of hydrogen-bond acceptors (Lipinski definition) is 7. The molecule has 5 rings (SSSR count). The van der Waals surface area contributed by atoms with E-state index in [1.54, 1.807) is 39.3 Å². The summed E-state index contributed by atoms with van der Waals surface area (Å²) in [7, 11) is 6.35. The first kappa shape index (κ1) is 24.8. The van der Waals surface area contributed by atoms with Gasteiger partial charge in [-0.3, -0.25) is 4.79 Å². The van der Waals surface area contributed by atoms with Crippen molar-refractivity contribution in [2.45, 2.75) is 6.04 Å². The van der Waals surface area contributed by atoms with Gasteiger partial charge in [0, 0.05) is 11.4 Å². The normalized spacial score (nSPS) is 14.0. The summed E-state index contributed by atoms with van der Waals surface area (Å²) in [6.45, 7) is 0. The molecule has 38 heavy (non-hydrogen) atoms. The van der Waals surface area contributed by atoms with Crippen molar-refractivity contribution >= 4 is 23.1 Å². The summed E-state index contributed by atoms with van der Waals surface area (Å²) in [5, 5.41) is 11.0. The number of anilines is 2. The summed E-state index contributed by atoms with van der Waals surface area (Å²) in [4.78, 5) is 13.3. The van der Waals surface area contributed by atoms with Gasteiger partial charge in [-0.05, 0) is 65.7 Å². The van der Waals surface area contributed by atoms with Crippen LogP contribution in [0.2, 0.25) is 0 Å². The third-order valence-electron chi connectivity index (χ3n) is 6.34. The predicted octanol–water partition coefficient (Wildman–Crippen LogP) is 5.23. The highest BCUT2D eigenvalue weighted by Gasteiger charge is 2.29. The number of hydrogen-bond donors (Lipinski definition) is 2. The molecule has 1 aromatic heterocycles. The van der Waals surface area contributed by atoms with E-state index in [9.17, 15) is 4.79 Å². The number of ether oxygens (including phenoxy) is 4. The molecule has 1 atom stereocenters. The fourth-order valence-corrected chi connectivity index (χ4v) is 4.43. The molecule has 2 N–H and O–H groups in total. The van der Waals surface area contributed by atoms with Crippen LogP contribution in [0.25, 0.3) is 5.70 Å². The molecule has 3 aromatic carbocycles. The molecule has 194 valence electrons. The standard InChI is InChI=1S/C29H28N4O5/c1-35-21-12-10-18(11-13-21)23-16-24(19-14-25(36-2)27(38-4)26(15-19)37-3)33-28(32-23)22(17-30-33)29(34)31-20-8-6-5-7-9-20/h5-17,24,32H,1-4H3,(H,31,34)/t24-/m0/s1. The van der Waals surface area contributed by atoms with E-state index in [0.717, 1.165) is 22.6 Å². The number of carbonyl (C=O) groups is 1. The minimum absolute atomic E-state index is 0.274. The van der Waals surface area contributed by atoms with Crippen molar-refractivity contribution in [3.8, 4) is 23.0 Å². The first-order valence-corrected chi connectivity index (χ1v) is 11.9. The largest absolute Gasteiger partial charge is 0.497 e. The van der Waals surface area contributed by atoms with Crippen molar-refractivity contribution in [2.24, 2.45) is 0 Å². The van der Waals surface area contributed by atoms with Crippen LogP contribution in [0.15, 0.2) is 79.0 Å². The fourth-order valence-electron chi connectivity index (χ4n) is 4.43. The zero-order valence-electron chi connectivity index (χ0n) is 21.5. The first-order chi connectivity index (χ1) is 18.6. The van der Waals surface area contributed by atoms with Gasteiger partial charge in [-0.25, -0.2) is 4.68 Å². The molecule has 0 spiro atoms. The second-order valence-corrected chi connectivity index (χ2v) is 8.51. The van der Waals surface area contributed by atoms with E-state index in [4.69, 9.17) is 18.9 Å². The van der Waals surface area contributed by atoms with Crippen molar-refractivity contribution in [3.63, 3.8) is 0 Å². The Kier molecular flexibility index (Phi) is 6.90. The summed E-state index contributed by atoms with van der Waals surface area (Å²) in [5.41, 5.74) is 3.68. The Morgan fingerprint density at radius 2 is 1.58 bits per heavy atom. The van der Waals surface area contributed by atoms with Gasteiger partial charge in [0.2, 0.25) is 5.75 Å². The number of amides is 1. The average molecular weight is 513 g/mol. The monoisotopic (exact) mass is 512 g/mol. The van der Waals surface area contributed by atoms with Crippen LogP contribution in [0.1, 0.15) is 27.5 Å². The highest BCUT2D eigenvalue weighted by Crippen LogP contribution is 2.43. The molecule has 9 nitrogen and oxygen atoms in total. The lowest BCUT2D eigenvalue weighted by atomic mass is 10.00. The summed E-state index contributed by atoms with van der Waals surface area (Å²) in [6, 6.07) is 20.4. The minimum Gasteiger partial charge on any atom is -0.497 e. The lowest BCUT2D eigenvalue weighted by Crippen LogP contribution is -2.22. The maximum absolute atomic E-state index is 13.3. The second-order valence-electron chi connectivity index (χ2n) is 8.51. The molecule has 2 heterocycles. The summed E-state index contributed by atoms with van der Waals surface area (Å²) in [6.07, 6.45) is 3.61. The SMILES string of the molecule is COc1ccc(C2=C[C@@H](c3cc(OC)c(OC)c(OC)c3)n3ncc(C(=O)Nc4ccccc4)c3N2)cc1. The minimum atomic E-state index is -0.379. The Morgan fingerprint density at radius 1 is 0.895 bits per heavy atom. The van der Waals surface area contributed by atoms with Gasteiger partial charge in [-0.2, -0.15) is 5.10 Å². The number of fused-ring (bicyclic) bond motifs is 1. The van der Waals surface area contributed by atoms with E-state index < -0.39 is 0 Å². The van der Waals surface area contributed by atoms with Gasteiger partial charge in [0.25, 0.3) is 5.91 Å². The number of rotatable bonds is 8. The number of para-hydroxylation sites is 1. The predicted molar refractivity (Wildman–Crippen MR) is 145 cm³/mol. The van der Waals surface area contributed by atoms with E-state index in [2.05, 4.69) is 15.7 Å². The van der Waals surface area contributed by atoms with E-state index in [0.29, 0.717) is 34.3 Å². The average Bonchev–Trinajstić information content (AvgIpc) is 3.40. The molecule has 0 radical (unpaired) electrons. The topological polar surface area (TPSA) is 95.9 Å². The lowest BCUT2D eigenvalue weighted by molar-refractivity contribution is 0.102. The van der Waals surface area contributed by atoms with E-state index in [-0.39, 0.29) is 11.9 Å². The second kappa shape index (κ2) is 10.6. The molecule has 1 amide bonds. The van der Waals surface area contributed by atoms with Crippen LogP contribution in [0.3, 0.4) is 0 Å². The first-order valence-electron chi connectivity index (χ1n) is 11.9. The number of carbonyl (C=O) groups excluding carboxylic acids is 1. The fraction of sp³-hybridized carbons (Fsp3) is 0.172. The highest BCUT2D eigenvalue weighted by atomic mass is 16.5. The molecule has 4 aromatic rings. The third kappa shape index (κ3) is 4.61. The van der Waals surface area contributed by atoms with E-state index >= 15 is 0 Å². The summed E-state index contributed by atoms with van der Waals surface area (Å²) in [5.74, 6) is 2.58. The van der Waals surface area contributed by atoms with Crippen molar-refractivity contribution < 1.29 is 23.7 Å². The number of nitrogens with zero attached hydrogens (tertiary/aromatic N) is 2. The molecule has 0 aliphatic carbocycles. The molecule has 0 unspecified atom stereocenters. The number of benzene rings is 3. The summed E-state index contributed by atoms with van der Waals surface area (Å²) < 4.78 is 23.8. The molecule has 0 saturated heterocycles. The van der Waals surface area contributed by atoms with Crippen molar-refractivity contribution in [1.29, 1.82) is 0 Å². The number of methoxy groups -OCH3 is 4. The van der Waals surface area contributed by atoms with Crippen molar-refractivity contribution in [1.82, 2.24) is 9.78 Å². The molecule has 0 bridgehead atoms. The molecule has 1 aliphatic heterocycles. The molecule has 9 heteroatoms. The van der Waals surface area contributed by atoms with Gasteiger partial charge < -0.3 is 29.6 Å². The van der Waals surface area contributed by atoms with Crippen LogP contribution in [-0.4, -0.2) is 44.1 Å². The maximum Gasteiger partial charge on any atom is 0.261 e. The van der Waals surface area contributed by atoms with Crippen LogP contribution < -0.4 is 29.6 Å². The van der Waals surface area contributed by atoms with Crippen LogP contribution in [-0.2, 0) is 0 Å². The van der Waals surface area contributed by atoms with Gasteiger partial charge in [-0.1, -0.05) is 18.2 Å². The smallest absolute Gasteiger partial charge is 0.261 e. The molecule has 0 fully saturated rings. The van der Waals surface area contributed by atoms with Crippen LogP contribution in [0.5, 0.6) is 23.0 Å².